The van der Waals surface area contributed by atoms with Crippen molar-refractivity contribution >= 4 is 22.7 Å². The molecule has 3 heteroatoms. The largest absolute Gasteiger partial charge is 0.496 e. The van der Waals surface area contributed by atoms with E-state index in [-0.39, 0.29) is 0 Å². The molecule has 0 aliphatic carbocycles. The van der Waals surface area contributed by atoms with Crippen molar-refractivity contribution in [2.24, 2.45) is 5.10 Å². The van der Waals surface area contributed by atoms with Crippen LogP contribution >= 0.6 is 0 Å². The van der Waals surface area contributed by atoms with Crippen molar-refractivity contribution in [3.05, 3.63) is 71.8 Å². The normalized spacial score (nSPS) is 11.0. The Balaban J connectivity index is 1.93. The number of nitrogens with one attached hydrogen (secondary N) is 1. The van der Waals surface area contributed by atoms with Crippen LogP contribution in [0.2, 0.25) is 0 Å². The van der Waals surface area contributed by atoms with Crippen LogP contribution < -0.4 is 10.2 Å². The maximum Gasteiger partial charge on any atom is 0.128 e. The van der Waals surface area contributed by atoms with Crippen LogP contribution in [0.1, 0.15) is 11.1 Å². The summed E-state index contributed by atoms with van der Waals surface area (Å²) in [6.07, 6.45) is 1.81. The summed E-state index contributed by atoms with van der Waals surface area (Å²) < 4.78 is 5.46. The van der Waals surface area contributed by atoms with Crippen molar-refractivity contribution in [3.8, 4) is 5.75 Å². The molecule has 0 aliphatic rings. The Labute approximate surface area is 130 Å². The van der Waals surface area contributed by atoms with E-state index in [9.17, 15) is 0 Å². The molecule has 0 saturated heterocycles. The van der Waals surface area contributed by atoms with Gasteiger partial charge in [0.05, 0.1) is 19.0 Å². The van der Waals surface area contributed by atoms with Crippen LogP contribution in [-0.2, 0) is 0 Å². The van der Waals surface area contributed by atoms with Gasteiger partial charge in [0.1, 0.15) is 5.75 Å². The second-order valence-corrected chi connectivity index (χ2v) is 5.14. The molecule has 0 saturated carbocycles. The maximum atomic E-state index is 5.46. The highest BCUT2D eigenvalue weighted by atomic mass is 16.5. The molecular weight excluding hydrogens is 272 g/mol. The lowest BCUT2D eigenvalue weighted by Crippen LogP contribution is -1.95. The van der Waals surface area contributed by atoms with E-state index < -0.39 is 0 Å². The molecule has 0 aromatic heterocycles. The van der Waals surface area contributed by atoms with Crippen molar-refractivity contribution in [1.29, 1.82) is 0 Å². The lowest BCUT2D eigenvalue weighted by Gasteiger charge is -2.08. The SMILES string of the molecule is COc1ccc2ccccc2c1/C=N\Nc1cccc(C)c1. The number of hydrogen-bond acceptors (Lipinski definition) is 3. The maximum absolute atomic E-state index is 5.46. The zero-order chi connectivity index (χ0) is 15.4. The van der Waals surface area contributed by atoms with Gasteiger partial charge in [-0.25, -0.2) is 0 Å². The lowest BCUT2D eigenvalue weighted by atomic mass is 10.0. The molecule has 3 nitrogen and oxygen atoms in total. The third-order valence-corrected chi connectivity index (χ3v) is 3.56. The van der Waals surface area contributed by atoms with Gasteiger partial charge in [-0.1, -0.05) is 42.5 Å². The van der Waals surface area contributed by atoms with E-state index >= 15 is 0 Å². The van der Waals surface area contributed by atoms with E-state index in [1.165, 1.54) is 10.9 Å². The zero-order valence-corrected chi connectivity index (χ0v) is 12.7. The van der Waals surface area contributed by atoms with Crippen LogP contribution in [0.3, 0.4) is 0 Å². The van der Waals surface area contributed by atoms with Gasteiger partial charge in [-0.2, -0.15) is 5.10 Å². The average molecular weight is 290 g/mol. The molecule has 3 rings (SSSR count). The van der Waals surface area contributed by atoms with Gasteiger partial charge in [-0.15, -0.1) is 0 Å². The highest BCUT2D eigenvalue weighted by Crippen LogP contribution is 2.26. The number of hydrazone groups is 1. The average Bonchev–Trinajstić information content (AvgIpc) is 2.55. The summed E-state index contributed by atoms with van der Waals surface area (Å²) in [6, 6.07) is 20.3. The molecular formula is C19H18N2O. The first-order valence-corrected chi connectivity index (χ1v) is 7.19. The molecule has 0 fully saturated rings. The van der Waals surface area contributed by atoms with Gasteiger partial charge in [0.2, 0.25) is 0 Å². The van der Waals surface area contributed by atoms with Crippen molar-refractivity contribution < 1.29 is 4.74 Å². The summed E-state index contributed by atoms with van der Waals surface area (Å²) in [7, 11) is 1.68. The van der Waals surface area contributed by atoms with Crippen LogP contribution in [0, 0.1) is 6.92 Å². The Bertz CT molecular complexity index is 825. The molecule has 0 radical (unpaired) electrons. The molecule has 0 spiro atoms. The number of ether oxygens (including phenoxy) is 1. The van der Waals surface area contributed by atoms with Crippen molar-refractivity contribution in [3.63, 3.8) is 0 Å². The fourth-order valence-corrected chi connectivity index (χ4v) is 2.47. The number of benzene rings is 3. The van der Waals surface area contributed by atoms with Crippen LogP contribution in [0.5, 0.6) is 5.75 Å². The predicted molar refractivity (Wildman–Crippen MR) is 92.9 cm³/mol. The van der Waals surface area contributed by atoms with Crippen LogP contribution in [0.4, 0.5) is 5.69 Å². The van der Waals surface area contributed by atoms with E-state index in [4.69, 9.17) is 4.74 Å². The molecule has 1 N–H and O–H groups in total. The third-order valence-electron chi connectivity index (χ3n) is 3.56. The van der Waals surface area contributed by atoms with E-state index in [2.05, 4.69) is 47.8 Å². The third kappa shape index (κ3) is 2.93. The minimum absolute atomic E-state index is 0.813. The predicted octanol–water partition coefficient (Wildman–Crippen LogP) is 4.60. The van der Waals surface area contributed by atoms with E-state index in [0.29, 0.717) is 0 Å². The lowest BCUT2D eigenvalue weighted by molar-refractivity contribution is 0.415. The number of fused-ring (bicyclic) bond motifs is 1. The summed E-state index contributed by atoms with van der Waals surface area (Å²) >= 11 is 0. The smallest absolute Gasteiger partial charge is 0.128 e. The molecule has 0 heterocycles. The first-order chi connectivity index (χ1) is 10.8. The van der Waals surface area contributed by atoms with Gasteiger partial charge >= 0.3 is 0 Å². The minimum Gasteiger partial charge on any atom is -0.496 e. The Morgan fingerprint density at radius 1 is 1.00 bits per heavy atom. The fourth-order valence-electron chi connectivity index (χ4n) is 2.47. The zero-order valence-electron chi connectivity index (χ0n) is 12.7. The molecule has 3 aromatic carbocycles. The summed E-state index contributed by atoms with van der Waals surface area (Å²) in [5.74, 6) is 0.813. The van der Waals surface area contributed by atoms with E-state index in [1.807, 2.05) is 36.5 Å². The first-order valence-electron chi connectivity index (χ1n) is 7.19. The number of anilines is 1. The quantitative estimate of drug-likeness (QED) is 0.562. The second-order valence-electron chi connectivity index (χ2n) is 5.14. The number of hydrogen-bond donors (Lipinski definition) is 1. The Morgan fingerprint density at radius 2 is 1.86 bits per heavy atom. The molecule has 0 aliphatic heterocycles. The first kappa shape index (κ1) is 14.1. The van der Waals surface area contributed by atoms with Gasteiger partial charge < -0.3 is 4.74 Å². The van der Waals surface area contributed by atoms with E-state index in [0.717, 1.165) is 22.4 Å². The highest BCUT2D eigenvalue weighted by molar-refractivity contribution is 6.02. The highest BCUT2D eigenvalue weighted by Gasteiger charge is 2.05. The van der Waals surface area contributed by atoms with Gasteiger partial charge in [0.15, 0.2) is 0 Å². The van der Waals surface area contributed by atoms with Crippen LogP contribution in [-0.4, -0.2) is 13.3 Å². The molecule has 110 valence electrons. The van der Waals surface area contributed by atoms with Crippen molar-refractivity contribution in [1.82, 2.24) is 0 Å². The fraction of sp³-hybridized carbons (Fsp3) is 0.105. The van der Waals surface area contributed by atoms with Gasteiger partial charge in [0.25, 0.3) is 0 Å². The number of aryl methyl sites for hydroxylation is 1. The summed E-state index contributed by atoms with van der Waals surface area (Å²) in [6.45, 7) is 2.06. The van der Waals surface area contributed by atoms with Crippen LogP contribution in [0.15, 0.2) is 65.8 Å². The Kier molecular flexibility index (Phi) is 4.05. The molecule has 3 aromatic rings. The number of methoxy groups -OCH3 is 1. The minimum atomic E-state index is 0.813. The topological polar surface area (TPSA) is 33.6 Å². The monoisotopic (exact) mass is 290 g/mol. The Morgan fingerprint density at radius 3 is 2.68 bits per heavy atom. The molecule has 0 amide bonds. The molecule has 0 atom stereocenters. The standard InChI is InChI=1S/C19H18N2O/c1-14-6-5-8-16(12-14)21-20-13-18-17-9-4-3-7-15(17)10-11-19(18)22-2/h3-13,21H,1-2H3/b20-13-. The van der Waals surface area contributed by atoms with Crippen LogP contribution in [0.25, 0.3) is 10.8 Å². The second kappa shape index (κ2) is 6.31. The van der Waals surface area contributed by atoms with Gasteiger partial charge in [0, 0.05) is 5.56 Å². The van der Waals surface area contributed by atoms with E-state index in [1.54, 1.807) is 7.11 Å². The summed E-state index contributed by atoms with van der Waals surface area (Å²) in [5, 5.41) is 6.65. The molecule has 22 heavy (non-hydrogen) atoms. The number of nitrogens with zero attached hydrogens (tertiary/aromatic N) is 1. The number of rotatable bonds is 4. The Hall–Kier alpha value is -2.81. The van der Waals surface area contributed by atoms with Crippen molar-refractivity contribution in [2.45, 2.75) is 6.92 Å². The molecule has 0 bridgehead atoms. The van der Waals surface area contributed by atoms with Gasteiger partial charge in [-0.3, -0.25) is 5.43 Å². The van der Waals surface area contributed by atoms with Gasteiger partial charge in [-0.05, 0) is 41.5 Å². The summed E-state index contributed by atoms with van der Waals surface area (Å²) in [5.41, 5.74) is 6.20. The molecule has 0 unspecified atom stereocenters. The van der Waals surface area contributed by atoms with Crippen molar-refractivity contribution in [2.75, 3.05) is 12.5 Å². The summed E-state index contributed by atoms with van der Waals surface area (Å²) in [4.78, 5) is 0.